The highest BCUT2D eigenvalue weighted by Gasteiger charge is 2.09. The SMILES string of the molecule is Cc1ccnc(Oc2c(N)cccc2F)n1. The fourth-order valence-electron chi connectivity index (χ4n) is 1.20. The Morgan fingerprint density at radius 3 is 2.81 bits per heavy atom. The predicted molar refractivity (Wildman–Crippen MR) is 57.7 cm³/mol. The number of hydrogen-bond donors (Lipinski definition) is 1. The van der Waals surface area contributed by atoms with Gasteiger partial charge in [-0.3, -0.25) is 0 Å². The number of anilines is 1. The van der Waals surface area contributed by atoms with Crippen LogP contribution in [0.25, 0.3) is 0 Å². The van der Waals surface area contributed by atoms with Gasteiger partial charge in [-0.1, -0.05) is 6.07 Å². The Labute approximate surface area is 91.9 Å². The summed E-state index contributed by atoms with van der Waals surface area (Å²) in [5.41, 5.74) is 6.54. The van der Waals surface area contributed by atoms with Crippen LogP contribution in [-0.4, -0.2) is 9.97 Å². The summed E-state index contributed by atoms with van der Waals surface area (Å²) in [6.45, 7) is 1.79. The zero-order valence-corrected chi connectivity index (χ0v) is 8.64. The largest absolute Gasteiger partial charge is 0.419 e. The summed E-state index contributed by atoms with van der Waals surface area (Å²) < 4.78 is 18.6. The van der Waals surface area contributed by atoms with E-state index in [1.165, 1.54) is 18.3 Å². The van der Waals surface area contributed by atoms with E-state index < -0.39 is 5.82 Å². The van der Waals surface area contributed by atoms with Crippen LogP contribution in [0.1, 0.15) is 5.69 Å². The van der Waals surface area contributed by atoms with Crippen LogP contribution in [0.4, 0.5) is 10.1 Å². The molecule has 0 saturated heterocycles. The third kappa shape index (κ3) is 2.08. The smallest absolute Gasteiger partial charge is 0.322 e. The molecule has 2 N–H and O–H groups in total. The van der Waals surface area contributed by atoms with Crippen molar-refractivity contribution < 1.29 is 9.13 Å². The van der Waals surface area contributed by atoms with Crippen molar-refractivity contribution in [2.24, 2.45) is 0 Å². The summed E-state index contributed by atoms with van der Waals surface area (Å²) in [7, 11) is 0. The van der Waals surface area contributed by atoms with Gasteiger partial charge < -0.3 is 10.5 Å². The van der Waals surface area contributed by atoms with Gasteiger partial charge in [-0.2, -0.15) is 0 Å². The van der Waals surface area contributed by atoms with Crippen LogP contribution in [0, 0.1) is 12.7 Å². The Balaban J connectivity index is 2.34. The summed E-state index contributed by atoms with van der Waals surface area (Å²) in [5.74, 6) is -0.585. The second-order valence-corrected chi connectivity index (χ2v) is 3.24. The van der Waals surface area contributed by atoms with E-state index in [-0.39, 0.29) is 17.4 Å². The number of nitrogens with zero attached hydrogens (tertiary/aromatic N) is 2. The molecule has 16 heavy (non-hydrogen) atoms. The van der Waals surface area contributed by atoms with Crippen molar-refractivity contribution in [2.75, 3.05) is 5.73 Å². The molecule has 2 rings (SSSR count). The molecule has 0 aliphatic rings. The molecule has 0 atom stereocenters. The Hall–Kier alpha value is -2.17. The lowest BCUT2D eigenvalue weighted by Gasteiger charge is -2.07. The maximum absolute atomic E-state index is 13.4. The second-order valence-electron chi connectivity index (χ2n) is 3.24. The van der Waals surface area contributed by atoms with Crippen molar-refractivity contribution in [1.29, 1.82) is 0 Å². The minimum absolute atomic E-state index is 0.0481. The Morgan fingerprint density at radius 1 is 1.31 bits per heavy atom. The van der Waals surface area contributed by atoms with Crippen LogP contribution < -0.4 is 10.5 Å². The van der Waals surface area contributed by atoms with E-state index in [2.05, 4.69) is 9.97 Å². The van der Waals surface area contributed by atoms with Crippen molar-refractivity contribution in [3.8, 4) is 11.8 Å². The quantitative estimate of drug-likeness (QED) is 0.787. The first-order valence-electron chi connectivity index (χ1n) is 4.68. The molecule has 4 nitrogen and oxygen atoms in total. The van der Waals surface area contributed by atoms with E-state index in [0.29, 0.717) is 0 Å². The first-order valence-corrected chi connectivity index (χ1v) is 4.68. The molecular weight excluding hydrogens is 209 g/mol. The third-order valence-electron chi connectivity index (χ3n) is 1.96. The number of benzene rings is 1. The highest BCUT2D eigenvalue weighted by molar-refractivity contribution is 5.53. The molecule has 2 aromatic rings. The van der Waals surface area contributed by atoms with Gasteiger partial charge in [0, 0.05) is 11.9 Å². The number of nitrogen functional groups attached to an aromatic ring is 1. The third-order valence-corrected chi connectivity index (χ3v) is 1.96. The van der Waals surface area contributed by atoms with E-state index in [9.17, 15) is 4.39 Å². The van der Waals surface area contributed by atoms with Crippen LogP contribution in [0.3, 0.4) is 0 Å². The van der Waals surface area contributed by atoms with Crippen LogP contribution in [0.2, 0.25) is 0 Å². The number of aryl methyl sites for hydroxylation is 1. The lowest BCUT2D eigenvalue weighted by atomic mass is 10.3. The monoisotopic (exact) mass is 219 g/mol. The number of halogens is 1. The maximum atomic E-state index is 13.4. The Morgan fingerprint density at radius 2 is 2.12 bits per heavy atom. The summed E-state index contributed by atoms with van der Waals surface area (Å²) >= 11 is 0. The standard InChI is InChI=1S/C11H10FN3O/c1-7-5-6-14-11(15-7)16-10-8(12)3-2-4-9(10)13/h2-6H,13H2,1H3. The number of para-hydroxylation sites is 1. The molecule has 82 valence electrons. The molecule has 5 heteroatoms. The average Bonchev–Trinajstić information content (AvgIpc) is 2.24. The highest BCUT2D eigenvalue weighted by Crippen LogP contribution is 2.28. The summed E-state index contributed by atoms with van der Waals surface area (Å²) in [5, 5.41) is 0. The van der Waals surface area contributed by atoms with Crippen molar-refractivity contribution in [2.45, 2.75) is 6.92 Å². The first-order chi connectivity index (χ1) is 7.66. The van der Waals surface area contributed by atoms with Gasteiger partial charge in [0.05, 0.1) is 5.69 Å². The Kier molecular flexibility index (Phi) is 2.68. The molecule has 1 aromatic carbocycles. The summed E-state index contributed by atoms with van der Waals surface area (Å²) in [6.07, 6.45) is 1.54. The van der Waals surface area contributed by atoms with Crippen LogP contribution >= 0.6 is 0 Å². The molecule has 0 radical (unpaired) electrons. The van der Waals surface area contributed by atoms with E-state index in [1.807, 2.05) is 0 Å². The van der Waals surface area contributed by atoms with Crippen LogP contribution in [0.5, 0.6) is 11.8 Å². The minimum atomic E-state index is -0.537. The van der Waals surface area contributed by atoms with Gasteiger partial charge >= 0.3 is 6.01 Å². The molecule has 0 bridgehead atoms. The predicted octanol–water partition coefficient (Wildman–Crippen LogP) is 2.30. The molecule has 0 spiro atoms. The van der Waals surface area contributed by atoms with Crippen molar-refractivity contribution in [3.05, 3.63) is 42.0 Å². The van der Waals surface area contributed by atoms with Gasteiger partial charge in [-0.15, -0.1) is 0 Å². The molecule has 0 aliphatic heterocycles. The normalized spacial score (nSPS) is 10.1. The molecule has 0 fully saturated rings. The highest BCUT2D eigenvalue weighted by atomic mass is 19.1. The number of ether oxygens (including phenoxy) is 1. The van der Waals surface area contributed by atoms with Gasteiger partial charge in [-0.05, 0) is 25.1 Å². The van der Waals surface area contributed by atoms with E-state index in [0.717, 1.165) is 5.69 Å². The fraction of sp³-hybridized carbons (Fsp3) is 0.0909. The summed E-state index contributed by atoms with van der Waals surface area (Å²) in [6, 6.07) is 6.12. The van der Waals surface area contributed by atoms with Gasteiger partial charge in [0.1, 0.15) is 0 Å². The zero-order chi connectivity index (χ0) is 11.5. The molecule has 0 amide bonds. The van der Waals surface area contributed by atoms with E-state index >= 15 is 0 Å². The average molecular weight is 219 g/mol. The number of aromatic nitrogens is 2. The molecule has 0 aliphatic carbocycles. The molecular formula is C11H10FN3O. The van der Waals surface area contributed by atoms with Crippen LogP contribution in [-0.2, 0) is 0 Å². The lowest BCUT2D eigenvalue weighted by Crippen LogP contribution is -1.98. The van der Waals surface area contributed by atoms with Gasteiger partial charge in [-0.25, -0.2) is 14.4 Å². The zero-order valence-electron chi connectivity index (χ0n) is 8.64. The van der Waals surface area contributed by atoms with Gasteiger partial charge in [0.15, 0.2) is 11.6 Å². The number of hydrogen-bond acceptors (Lipinski definition) is 4. The Bertz CT molecular complexity index is 496. The summed E-state index contributed by atoms with van der Waals surface area (Å²) in [4.78, 5) is 7.86. The number of rotatable bonds is 2. The second kappa shape index (κ2) is 4.14. The maximum Gasteiger partial charge on any atom is 0.322 e. The van der Waals surface area contributed by atoms with Crippen LogP contribution in [0.15, 0.2) is 30.5 Å². The van der Waals surface area contributed by atoms with E-state index in [1.54, 1.807) is 19.1 Å². The van der Waals surface area contributed by atoms with Gasteiger partial charge in [0.25, 0.3) is 0 Å². The molecule has 0 saturated carbocycles. The number of nitrogens with two attached hydrogens (primary N) is 1. The van der Waals surface area contributed by atoms with Crippen molar-refractivity contribution >= 4 is 5.69 Å². The van der Waals surface area contributed by atoms with Crippen molar-refractivity contribution in [3.63, 3.8) is 0 Å². The topological polar surface area (TPSA) is 61.0 Å². The minimum Gasteiger partial charge on any atom is -0.419 e. The first kappa shape index (κ1) is 10.4. The molecule has 0 unspecified atom stereocenters. The molecule has 1 aromatic heterocycles. The molecule has 1 heterocycles. The fourth-order valence-corrected chi connectivity index (χ4v) is 1.20. The lowest BCUT2D eigenvalue weighted by molar-refractivity contribution is 0.412. The van der Waals surface area contributed by atoms with E-state index in [4.69, 9.17) is 10.5 Å². The van der Waals surface area contributed by atoms with Gasteiger partial charge in [0.2, 0.25) is 0 Å². The van der Waals surface area contributed by atoms with Crippen molar-refractivity contribution in [1.82, 2.24) is 9.97 Å².